The van der Waals surface area contributed by atoms with Crippen molar-refractivity contribution in [1.82, 2.24) is 4.57 Å². The molecule has 0 aliphatic heterocycles. The van der Waals surface area contributed by atoms with Crippen molar-refractivity contribution in [2.24, 2.45) is 0 Å². The predicted octanol–water partition coefficient (Wildman–Crippen LogP) is 2.59. The van der Waals surface area contributed by atoms with E-state index in [0.717, 1.165) is 15.4 Å². The van der Waals surface area contributed by atoms with Gasteiger partial charge in [-0.15, -0.1) is 22.7 Å². The third kappa shape index (κ3) is 2.01. The molecule has 16 heavy (non-hydrogen) atoms. The number of carbonyl (C=O) groups excluding carboxylic acids is 1. The summed E-state index contributed by atoms with van der Waals surface area (Å²) in [6.07, 6.45) is 0. The molecule has 0 amide bonds. The third-order valence-corrected chi connectivity index (χ3v) is 4.43. The Hall–Kier alpha value is -1.20. The highest BCUT2D eigenvalue weighted by Gasteiger charge is 2.11. The molecule has 0 saturated heterocycles. The summed E-state index contributed by atoms with van der Waals surface area (Å²) in [5.74, 6) is 0.0781. The molecule has 3 nitrogen and oxygen atoms in total. The molecule has 1 N–H and O–H groups in total. The van der Waals surface area contributed by atoms with Crippen LogP contribution in [0.3, 0.4) is 0 Å². The first-order chi connectivity index (χ1) is 7.59. The van der Waals surface area contributed by atoms with E-state index < -0.39 is 0 Å². The molecular weight excluding hydrogens is 240 g/mol. The number of nitrogens with one attached hydrogen (secondary N) is 1. The largest absolute Gasteiger partial charge is 0.313 e. The summed E-state index contributed by atoms with van der Waals surface area (Å²) in [6, 6.07) is 3.70. The fraction of sp³-hybridized carbons (Fsp3) is 0.273. The second kappa shape index (κ2) is 4.35. The zero-order valence-corrected chi connectivity index (χ0v) is 10.7. The minimum Gasteiger partial charge on any atom is -0.313 e. The summed E-state index contributed by atoms with van der Waals surface area (Å²) < 4.78 is 1.77. The number of rotatable bonds is 3. The molecule has 0 bridgehead atoms. The predicted molar refractivity (Wildman–Crippen MR) is 66.3 cm³/mol. The summed E-state index contributed by atoms with van der Waals surface area (Å²) in [4.78, 5) is 14.2. The quantitative estimate of drug-likeness (QED) is 0.838. The standard InChI is InChI=1S/C11H12N2OS2/c1-7-8(2)16-11(12)13(7)6-9(14)10-4-3-5-15-10/h3-5,12H,6H2,1-2H3. The minimum atomic E-state index is 0.0781. The van der Waals surface area contributed by atoms with Gasteiger partial charge in [-0.25, -0.2) is 0 Å². The van der Waals surface area contributed by atoms with Gasteiger partial charge in [0.05, 0.1) is 11.4 Å². The molecule has 84 valence electrons. The van der Waals surface area contributed by atoms with Crippen LogP contribution in [-0.2, 0) is 6.54 Å². The van der Waals surface area contributed by atoms with Crippen LogP contribution in [-0.4, -0.2) is 10.4 Å². The molecule has 0 atom stereocenters. The van der Waals surface area contributed by atoms with E-state index in [9.17, 15) is 4.79 Å². The number of ketones is 1. The van der Waals surface area contributed by atoms with E-state index >= 15 is 0 Å². The van der Waals surface area contributed by atoms with Crippen LogP contribution in [0.2, 0.25) is 0 Å². The van der Waals surface area contributed by atoms with Crippen LogP contribution in [0, 0.1) is 19.3 Å². The van der Waals surface area contributed by atoms with Gasteiger partial charge in [-0.2, -0.15) is 0 Å². The van der Waals surface area contributed by atoms with Gasteiger partial charge in [0.2, 0.25) is 0 Å². The van der Waals surface area contributed by atoms with Gasteiger partial charge < -0.3 is 4.57 Å². The van der Waals surface area contributed by atoms with E-state index in [1.807, 2.05) is 31.4 Å². The fourth-order valence-electron chi connectivity index (χ4n) is 1.47. The maximum Gasteiger partial charge on any atom is 0.192 e. The summed E-state index contributed by atoms with van der Waals surface area (Å²) in [5.41, 5.74) is 1.01. The highest BCUT2D eigenvalue weighted by molar-refractivity contribution is 7.12. The molecule has 2 aromatic heterocycles. The Morgan fingerprint density at radius 1 is 1.50 bits per heavy atom. The van der Waals surface area contributed by atoms with E-state index in [2.05, 4.69) is 0 Å². The molecule has 0 spiro atoms. The van der Waals surface area contributed by atoms with Gasteiger partial charge in [-0.05, 0) is 25.3 Å². The lowest BCUT2D eigenvalue weighted by atomic mass is 10.3. The van der Waals surface area contributed by atoms with Crippen LogP contribution >= 0.6 is 22.7 Å². The maximum atomic E-state index is 11.9. The first-order valence-electron chi connectivity index (χ1n) is 4.87. The Morgan fingerprint density at radius 3 is 2.75 bits per heavy atom. The van der Waals surface area contributed by atoms with Crippen molar-refractivity contribution in [1.29, 1.82) is 5.41 Å². The van der Waals surface area contributed by atoms with Crippen LogP contribution in [0.5, 0.6) is 0 Å². The smallest absolute Gasteiger partial charge is 0.192 e. The van der Waals surface area contributed by atoms with Gasteiger partial charge in [0, 0.05) is 10.6 Å². The summed E-state index contributed by atoms with van der Waals surface area (Å²) in [6.45, 7) is 4.20. The lowest BCUT2D eigenvalue weighted by Crippen LogP contribution is -2.20. The van der Waals surface area contributed by atoms with Crippen molar-refractivity contribution in [3.05, 3.63) is 37.8 Å². The first-order valence-corrected chi connectivity index (χ1v) is 6.57. The molecule has 0 unspecified atom stereocenters. The van der Waals surface area contributed by atoms with Crippen LogP contribution in [0.15, 0.2) is 17.5 Å². The number of Topliss-reactive ketones (excluding diaryl/α,β-unsaturated/α-hetero) is 1. The molecule has 0 aliphatic carbocycles. The lowest BCUT2D eigenvalue weighted by molar-refractivity contribution is 0.0974. The topological polar surface area (TPSA) is 45.9 Å². The average Bonchev–Trinajstić information content (AvgIpc) is 2.83. The molecule has 5 heteroatoms. The fourth-order valence-corrected chi connectivity index (χ4v) is 2.98. The Kier molecular flexibility index (Phi) is 3.07. The number of hydrogen-bond acceptors (Lipinski definition) is 4. The van der Waals surface area contributed by atoms with Crippen molar-refractivity contribution >= 4 is 28.5 Å². The van der Waals surface area contributed by atoms with Crippen molar-refractivity contribution in [2.75, 3.05) is 0 Å². The zero-order chi connectivity index (χ0) is 11.7. The van der Waals surface area contributed by atoms with Crippen molar-refractivity contribution < 1.29 is 4.79 Å². The number of nitrogens with zero attached hydrogens (tertiary/aromatic N) is 1. The molecular formula is C11H12N2OS2. The first kappa shape index (κ1) is 11.3. The second-order valence-corrected chi connectivity index (χ2v) is 5.69. The maximum absolute atomic E-state index is 11.9. The normalized spacial score (nSPS) is 10.6. The Balaban J connectivity index is 2.28. The molecule has 0 aromatic carbocycles. The van der Waals surface area contributed by atoms with Crippen LogP contribution in [0.1, 0.15) is 20.2 Å². The van der Waals surface area contributed by atoms with E-state index in [1.165, 1.54) is 22.7 Å². The molecule has 0 radical (unpaired) electrons. The van der Waals surface area contributed by atoms with Gasteiger partial charge in [0.25, 0.3) is 0 Å². The molecule has 0 saturated carbocycles. The zero-order valence-electron chi connectivity index (χ0n) is 9.11. The SMILES string of the molecule is Cc1sc(=N)n(CC(=O)c2cccs2)c1C. The van der Waals surface area contributed by atoms with Gasteiger partial charge in [0.15, 0.2) is 10.6 Å². The van der Waals surface area contributed by atoms with Crippen molar-refractivity contribution in [3.63, 3.8) is 0 Å². The van der Waals surface area contributed by atoms with Gasteiger partial charge in [-0.3, -0.25) is 10.2 Å². The van der Waals surface area contributed by atoms with Crippen LogP contribution in [0.25, 0.3) is 0 Å². The molecule has 2 rings (SSSR count). The van der Waals surface area contributed by atoms with E-state index in [1.54, 1.807) is 4.57 Å². The van der Waals surface area contributed by atoms with Crippen LogP contribution in [0.4, 0.5) is 0 Å². The number of thiazole rings is 1. The number of aromatic nitrogens is 1. The van der Waals surface area contributed by atoms with E-state index in [-0.39, 0.29) is 12.3 Å². The Morgan fingerprint density at radius 2 is 2.25 bits per heavy atom. The monoisotopic (exact) mass is 252 g/mol. The number of thiophene rings is 1. The molecule has 2 heterocycles. The minimum absolute atomic E-state index is 0.0781. The van der Waals surface area contributed by atoms with Gasteiger partial charge in [-0.1, -0.05) is 6.07 Å². The average molecular weight is 252 g/mol. The number of aryl methyl sites for hydroxylation is 1. The Labute approximate surface area is 102 Å². The molecule has 0 fully saturated rings. The number of hydrogen-bond donors (Lipinski definition) is 1. The number of carbonyl (C=O) groups is 1. The van der Waals surface area contributed by atoms with Crippen molar-refractivity contribution in [2.45, 2.75) is 20.4 Å². The van der Waals surface area contributed by atoms with E-state index in [4.69, 9.17) is 5.41 Å². The molecule has 2 aromatic rings. The highest BCUT2D eigenvalue weighted by atomic mass is 32.1. The molecule has 0 aliphatic rings. The second-order valence-electron chi connectivity index (χ2n) is 3.54. The summed E-state index contributed by atoms with van der Waals surface area (Å²) in [7, 11) is 0. The summed E-state index contributed by atoms with van der Waals surface area (Å²) in [5, 5.41) is 9.68. The van der Waals surface area contributed by atoms with Crippen molar-refractivity contribution in [3.8, 4) is 0 Å². The third-order valence-electron chi connectivity index (χ3n) is 2.51. The summed E-state index contributed by atoms with van der Waals surface area (Å²) >= 11 is 2.86. The van der Waals surface area contributed by atoms with Gasteiger partial charge in [0.1, 0.15) is 0 Å². The van der Waals surface area contributed by atoms with Gasteiger partial charge >= 0.3 is 0 Å². The Bertz CT molecular complexity index is 563. The van der Waals surface area contributed by atoms with Crippen LogP contribution < -0.4 is 4.80 Å². The van der Waals surface area contributed by atoms with E-state index in [0.29, 0.717) is 4.80 Å². The highest BCUT2D eigenvalue weighted by Crippen LogP contribution is 2.13. The lowest BCUT2D eigenvalue weighted by Gasteiger charge is -2.03.